The van der Waals surface area contributed by atoms with Crippen LogP contribution in [0.3, 0.4) is 0 Å². The molecule has 1 fully saturated rings. The van der Waals surface area contributed by atoms with Gasteiger partial charge in [-0.15, -0.1) is 0 Å². The maximum absolute atomic E-state index is 3.73. The van der Waals surface area contributed by atoms with Gasteiger partial charge in [0, 0.05) is 18.1 Å². The molecule has 0 atom stereocenters. The molecule has 0 spiro atoms. The molecule has 1 aliphatic rings. The first-order valence-electron chi connectivity index (χ1n) is 5.56. The van der Waals surface area contributed by atoms with Crippen LogP contribution in [0.1, 0.15) is 46.0 Å². The molecule has 0 radical (unpaired) electrons. The highest BCUT2D eigenvalue weighted by molar-refractivity contribution is 4.85. The molecule has 0 aromatic heterocycles. The van der Waals surface area contributed by atoms with E-state index in [9.17, 15) is 0 Å². The lowest BCUT2D eigenvalue weighted by molar-refractivity contribution is 0.276. The largest absolute Gasteiger partial charge is 0.318 e. The number of rotatable bonds is 4. The molecule has 1 aliphatic carbocycles. The standard InChI is InChI=1S/C11H24N2/c1-11(2,9-12-3)13-10-7-5-4-6-8-10/h10,12-13H,4-9H2,1-3H3. The molecule has 0 saturated heterocycles. The van der Waals surface area contributed by atoms with E-state index >= 15 is 0 Å². The zero-order chi connectivity index (χ0) is 9.73. The van der Waals surface area contributed by atoms with Crippen molar-refractivity contribution in [1.82, 2.24) is 10.6 Å². The van der Waals surface area contributed by atoms with Crippen LogP contribution >= 0.6 is 0 Å². The Hall–Kier alpha value is -0.0800. The first kappa shape index (κ1) is 11.0. The maximum Gasteiger partial charge on any atom is 0.0252 e. The SMILES string of the molecule is CNCC(C)(C)NC1CCCCC1. The second-order valence-electron chi connectivity index (χ2n) is 4.89. The minimum atomic E-state index is 0.247. The summed E-state index contributed by atoms with van der Waals surface area (Å²) in [5, 5.41) is 6.97. The van der Waals surface area contributed by atoms with E-state index in [-0.39, 0.29) is 5.54 Å². The summed E-state index contributed by atoms with van der Waals surface area (Å²) in [6, 6.07) is 0.761. The molecule has 0 aromatic carbocycles. The van der Waals surface area contributed by atoms with Crippen molar-refractivity contribution in [2.24, 2.45) is 0 Å². The first-order valence-corrected chi connectivity index (χ1v) is 5.56. The Labute approximate surface area is 82.5 Å². The Bertz CT molecular complexity index is 137. The molecule has 13 heavy (non-hydrogen) atoms. The van der Waals surface area contributed by atoms with Crippen LogP contribution in [0.4, 0.5) is 0 Å². The molecular weight excluding hydrogens is 160 g/mol. The van der Waals surface area contributed by atoms with Crippen LogP contribution in [0.2, 0.25) is 0 Å². The minimum Gasteiger partial charge on any atom is -0.318 e. The summed E-state index contributed by atoms with van der Waals surface area (Å²) in [4.78, 5) is 0. The van der Waals surface area contributed by atoms with Crippen LogP contribution in [0.25, 0.3) is 0 Å². The van der Waals surface area contributed by atoms with Crippen LogP contribution in [0, 0.1) is 0 Å². The summed E-state index contributed by atoms with van der Waals surface area (Å²) >= 11 is 0. The second-order valence-corrected chi connectivity index (χ2v) is 4.89. The smallest absolute Gasteiger partial charge is 0.0252 e. The zero-order valence-electron chi connectivity index (χ0n) is 9.32. The molecule has 0 bridgehead atoms. The Balaban J connectivity index is 2.28. The third kappa shape index (κ3) is 4.10. The monoisotopic (exact) mass is 184 g/mol. The van der Waals surface area contributed by atoms with Gasteiger partial charge in [-0.1, -0.05) is 19.3 Å². The molecule has 0 aliphatic heterocycles. The summed E-state index contributed by atoms with van der Waals surface area (Å²) < 4.78 is 0. The van der Waals surface area contributed by atoms with Crippen molar-refractivity contribution in [3.05, 3.63) is 0 Å². The van der Waals surface area contributed by atoms with Gasteiger partial charge in [-0.2, -0.15) is 0 Å². The predicted molar refractivity (Wildman–Crippen MR) is 58.0 cm³/mol. The van der Waals surface area contributed by atoms with Crippen LogP contribution < -0.4 is 10.6 Å². The van der Waals surface area contributed by atoms with E-state index in [1.165, 1.54) is 32.1 Å². The van der Waals surface area contributed by atoms with Gasteiger partial charge in [0.15, 0.2) is 0 Å². The van der Waals surface area contributed by atoms with Crippen molar-refractivity contribution in [1.29, 1.82) is 0 Å². The van der Waals surface area contributed by atoms with E-state index in [1.54, 1.807) is 0 Å². The van der Waals surface area contributed by atoms with E-state index in [4.69, 9.17) is 0 Å². The number of hydrogen-bond acceptors (Lipinski definition) is 2. The molecule has 0 heterocycles. The van der Waals surface area contributed by atoms with E-state index in [1.807, 2.05) is 7.05 Å². The van der Waals surface area contributed by atoms with E-state index in [0.717, 1.165) is 12.6 Å². The van der Waals surface area contributed by atoms with Gasteiger partial charge < -0.3 is 10.6 Å². The van der Waals surface area contributed by atoms with Crippen LogP contribution in [0.15, 0.2) is 0 Å². The molecule has 2 N–H and O–H groups in total. The lowest BCUT2D eigenvalue weighted by atomic mass is 9.92. The second kappa shape index (κ2) is 4.97. The highest BCUT2D eigenvalue weighted by atomic mass is 15.0. The quantitative estimate of drug-likeness (QED) is 0.697. The summed E-state index contributed by atoms with van der Waals surface area (Å²) in [5.41, 5.74) is 0.247. The predicted octanol–water partition coefficient (Wildman–Crippen LogP) is 1.91. The summed E-state index contributed by atoms with van der Waals surface area (Å²) in [6.45, 7) is 5.60. The van der Waals surface area contributed by atoms with E-state index < -0.39 is 0 Å². The van der Waals surface area contributed by atoms with Crippen molar-refractivity contribution in [2.75, 3.05) is 13.6 Å². The average Bonchev–Trinajstić information content (AvgIpc) is 2.04. The molecule has 0 aromatic rings. The first-order chi connectivity index (χ1) is 6.14. The molecule has 1 saturated carbocycles. The number of hydrogen-bond donors (Lipinski definition) is 2. The van der Waals surface area contributed by atoms with Gasteiger partial charge in [-0.3, -0.25) is 0 Å². The lowest BCUT2D eigenvalue weighted by Gasteiger charge is -2.33. The third-order valence-corrected chi connectivity index (χ3v) is 2.82. The Morgan fingerprint density at radius 3 is 2.31 bits per heavy atom. The van der Waals surface area contributed by atoms with Gasteiger partial charge in [-0.05, 0) is 33.7 Å². The topological polar surface area (TPSA) is 24.1 Å². The third-order valence-electron chi connectivity index (χ3n) is 2.82. The summed E-state index contributed by atoms with van der Waals surface area (Å²) in [6.07, 6.45) is 6.99. The highest BCUT2D eigenvalue weighted by Crippen LogP contribution is 2.19. The molecule has 1 rings (SSSR count). The Morgan fingerprint density at radius 1 is 1.15 bits per heavy atom. The molecular formula is C11H24N2. The van der Waals surface area contributed by atoms with Crippen molar-refractivity contribution in [2.45, 2.75) is 57.5 Å². The van der Waals surface area contributed by atoms with E-state index in [0.29, 0.717) is 0 Å². The maximum atomic E-state index is 3.73. The summed E-state index contributed by atoms with van der Waals surface area (Å²) in [5.74, 6) is 0. The van der Waals surface area contributed by atoms with Gasteiger partial charge in [0.2, 0.25) is 0 Å². The number of nitrogens with one attached hydrogen (secondary N) is 2. The average molecular weight is 184 g/mol. The molecule has 2 nitrogen and oxygen atoms in total. The van der Waals surface area contributed by atoms with Crippen LogP contribution in [-0.2, 0) is 0 Å². The zero-order valence-corrected chi connectivity index (χ0v) is 9.32. The Kier molecular flexibility index (Phi) is 4.20. The van der Waals surface area contributed by atoms with Crippen LogP contribution in [-0.4, -0.2) is 25.2 Å². The van der Waals surface area contributed by atoms with Gasteiger partial charge in [0.05, 0.1) is 0 Å². The number of likely N-dealkylation sites (N-methyl/N-ethyl adjacent to an activating group) is 1. The highest BCUT2D eigenvalue weighted by Gasteiger charge is 2.22. The van der Waals surface area contributed by atoms with Crippen molar-refractivity contribution in [3.63, 3.8) is 0 Å². The van der Waals surface area contributed by atoms with Gasteiger partial charge in [0.25, 0.3) is 0 Å². The normalized spacial score (nSPS) is 20.5. The molecule has 78 valence electrons. The van der Waals surface area contributed by atoms with Crippen molar-refractivity contribution >= 4 is 0 Å². The van der Waals surface area contributed by atoms with Crippen molar-refractivity contribution < 1.29 is 0 Å². The molecule has 0 unspecified atom stereocenters. The fourth-order valence-electron chi connectivity index (χ4n) is 2.29. The fourth-order valence-corrected chi connectivity index (χ4v) is 2.29. The minimum absolute atomic E-state index is 0.247. The molecule has 0 amide bonds. The summed E-state index contributed by atoms with van der Waals surface area (Å²) in [7, 11) is 2.02. The fraction of sp³-hybridized carbons (Fsp3) is 1.00. The lowest BCUT2D eigenvalue weighted by Crippen LogP contribution is -2.51. The molecule has 2 heteroatoms. The van der Waals surface area contributed by atoms with Crippen molar-refractivity contribution in [3.8, 4) is 0 Å². The van der Waals surface area contributed by atoms with E-state index in [2.05, 4.69) is 24.5 Å². The van der Waals surface area contributed by atoms with Gasteiger partial charge in [-0.25, -0.2) is 0 Å². The van der Waals surface area contributed by atoms with Gasteiger partial charge in [0.1, 0.15) is 0 Å². The Morgan fingerprint density at radius 2 is 1.77 bits per heavy atom. The van der Waals surface area contributed by atoms with Crippen LogP contribution in [0.5, 0.6) is 0 Å². The van der Waals surface area contributed by atoms with Gasteiger partial charge >= 0.3 is 0 Å².